The number of aryl methyl sites for hydroxylation is 2. The number of aromatic amines is 1. The van der Waals surface area contributed by atoms with E-state index in [4.69, 9.17) is 4.98 Å². The Labute approximate surface area is 152 Å². The fourth-order valence-corrected chi connectivity index (χ4v) is 3.57. The number of H-pyrrole nitrogens is 1. The summed E-state index contributed by atoms with van der Waals surface area (Å²) in [7, 11) is 0. The summed E-state index contributed by atoms with van der Waals surface area (Å²) in [5, 5.41) is 4.63. The number of nitrogens with zero attached hydrogens (tertiary/aromatic N) is 5. The Morgan fingerprint density at radius 3 is 2.65 bits per heavy atom. The van der Waals surface area contributed by atoms with Crippen molar-refractivity contribution in [1.82, 2.24) is 24.6 Å². The van der Waals surface area contributed by atoms with Crippen LogP contribution in [0.5, 0.6) is 0 Å². The number of nitrogens with one attached hydrogen (secondary N) is 1. The molecule has 0 bridgehead atoms. The Balaban J connectivity index is 1.77. The predicted octanol–water partition coefficient (Wildman–Crippen LogP) is 2.16. The van der Waals surface area contributed by atoms with Gasteiger partial charge in [-0.05, 0) is 26.2 Å². The molecule has 7 heteroatoms. The first-order valence-corrected chi connectivity index (χ1v) is 9.13. The van der Waals surface area contributed by atoms with E-state index in [1.165, 1.54) is 0 Å². The third kappa shape index (κ3) is 2.87. The minimum absolute atomic E-state index is 0.00738. The third-order valence-electron chi connectivity index (χ3n) is 4.94. The molecule has 0 spiro atoms. The summed E-state index contributed by atoms with van der Waals surface area (Å²) in [6, 6.07) is 4.14. The minimum Gasteiger partial charge on any atom is -0.356 e. The molecular weight excluding hydrogens is 328 g/mol. The van der Waals surface area contributed by atoms with Gasteiger partial charge in [-0.1, -0.05) is 13.8 Å². The lowest BCUT2D eigenvalue weighted by atomic mass is 10.1. The van der Waals surface area contributed by atoms with Crippen molar-refractivity contribution in [1.29, 1.82) is 0 Å². The van der Waals surface area contributed by atoms with Gasteiger partial charge in [0.15, 0.2) is 5.65 Å². The van der Waals surface area contributed by atoms with Gasteiger partial charge in [-0.15, -0.1) is 0 Å². The fourth-order valence-electron chi connectivity index (χ4n) is 3.57. The van der Waals surface area contributed by atoms with Crippen LogP contribution in [0.1, 0.15) is 48.2 Å². The van der Waals surface area contributed by atoms with Gasteiger partial charge in [-0.3, -0.25) is 4.79 Å². The standard InChI is InChI=1S/C19H24N6O/c1-11(2)16-10-18(25-17(22-16)9-12(3)23-25)24-7-5-14-15(6-8-24)20-13(4)21-19(14)26/h9-11H,5-8H2,1-4H3,(H,20,21,26). The summed E-state index contributed by atoms with van der Waals surface area (Å²) in [6.07, 6.45) is 1.43. The molecule has 0 amide bonds. The Morgan fingerprint density at radius 2 is 1.88 bits per heavy atom. The van der Waals surface area contributed by atoms with Crippen LogP contribution in [0, 0.1) is 13.8 Å². The summed E-state index contributed by atoms with van der Waals surface area (Å²) >= 11 is 0. The molecule has 4 heterocycles. The van der Waals surface area contributed by atoms with Crippen molar-refractivity contribution in [3.63, 3.8) is 0 Å². The van der Waals surface area contributed by atoms with E-state index in [1.54, 1.807) is 0 Å². The Kier molecular flexibility index (Phi) is 4.01. The first-order chi connectivity index (χ1) is 12.4. The van der Waals surface area contributed by atoms with E-state index in [-0.39, 0.29) is 5.56 Å². The predicted molar refractivity (Wildman–Crippen MR) is 101 cm³/mol. The maximum atomic E-state index is 12.3. The zero-order valence-corrected chi connectivity index (χ0v) is 15.7. The van der Waals surface area contributed by atoms with E-state index < -0.39 is 0 Å². The van der Waals surface area contributed by atoms with Crippen LogP contribution in [0.4, 0.5) is 5.82 Å². The minimum atomic E-state index is -0.00738. The number of fused-ring (bicyclic) bond motifs is 2. The van der Waals surface area contributed by atoms with Crippen molar-refractivity contribution < 1.29 is 0 Å². The highest BCUT2D eigenvalue weighted by atomic mass is 16.1. The topological polar surface area (TPSA) is 79.2 Å². The second-order valence-corrected chi connectivity index (χ2v) is 7.31. The molecule has 3 aromatic heterocycles. The zero-order valence-electron chi connectivity index (χ0n) is 15.7. The fraction of sp³-hybridized carbons (Fsp3) is 0.474. The Bertz CT molecular complexity index is 1030. The largest absolute Gasteiger partial charge is 0.356 e. The van der Waals surface area contributed by atoms with E-state index >= 15 is 0 Å². The van der Waals surface area contributed by atoms with Crippen molar-refractivity contribution in [2.75, 3.05) is 18.0 Å². The highest BCUT2D eigenvalue weighted by molar-refractivity contribution is 5.53. The monoisotopic (exact) mass is 352 g/mol. The lowest BCUT2D eigenvalue weighted by molar-refractivity contribution is 0.741. The van der Waals surface area contributed by atoms with Gasteiger partial charge in [0.2, 0.25) is 0 Å². The summed E-state index contributed by atoms with van der Waals surface area (Å²) in [6.45, 7) is 9.68. The zero-order chi connectivity index (χ0) is 18.4. The van der Waals surface area contributed by atoms with E-state index in [1.807, 2.05) is 24.4 Å². The molecule has 1 aliphatic rings. The van der Waals surface area contributed by atoms with Crippen LogP contribution in [-0.2, 0) is 12.8 Å². The first kappa shape index (κ1) is 16.8. The quantitative estimate of drug-likeness (QED) is 0.764. The average molecular weight is 352 g/mol. The molecule has 0 aromatic carbocycles. The molecule has 0 fully saturated rings. The van der Waals surface area contributed by atoms with Gasteiger partial charge in [0.1, 0.15) is 11.6 Å². The molecule has 1 aliphatic heterocycles. The molecule has 26 heavy (non-hydrogen) atoms. The van der Waals surface area contributed by atoms with E-state index in [2.05, 4.69) is 39.9 Å². The molecule has 136 valence electrons. The van der Waals surface area contributed by atoms with Gasteiger partial charge < -0.3 is 9.88 Å². The molecule has 0 aliphatic carbocycles. The maximum Gasteiger partial charge on any atom is 0.254 e. The van der Waals surface area contributed by atoms with Crippen LogP contribution in [0.2, 0.25) is 0 Å². The molecule has 0 saturated carbocycles. The smallest absolute Gasteiger partial charge is 0.254 e. The summed E-state index contributed by atoms with van der Waals surface area (Å²) in [5.41, 5.74) is 4.60. The summed E-state index contributed by atoms with van der Waals surface area (Å²) in [4.78, 5) is 26.7. The molecular formula is C19H24N6O. The van der Waals surface area contributed by atoms with Crippen LogP contribution in [0.3, 0.4) is 0 Å². The van der Waals surface area contributed by atoms with Crippen molar-refractivity contribution in [3.8, 4) is 0 Å². The molecule has 0 atom stereocenters. The molecule has 4 rings (SSSR count). The van der Waals surface area contributed by atoms with Crippen molar-refractivity contribution in [3.05, 3.63) is 51.0 Å². The number of hydrogen-bond donors (Lipinski definition) is 1. The lowest BCUT2D eigenvalue weighted by Gasteiger charge is -2.24. The molecule has 7 nitrogen and oxygen atoms in total. The summed E-state index contributed by atoms with van der Waals surface area (Å²) in [5.74, 6) is 2.05. The van der Waals surface area contributed by atoms with Crippen LogP contribution < -0.4 is 10.5 Å². The van der Waals surface area contributed by atoms with Crippen molar-refractivity contribution in [2.45, 2.75) is 46.5 Å². The molecule has 3 aromatic rings. The third-order valence-corrected chi connectivity index (χ3v) is 4.94. The van der Waals surface area contributed by atoms with Gasteiger partial charge in [0.05, 0.1) is 11.4 Å². The van der Waals surface area contributed by atoms with Crippen LogP contribution in [-0.4, -0.2) is 37.7 Å². The maximum absolute atomic E-state index is 12.3. The van der Waals surface area contributed by atoms with E-state index in [0.29, 0.717) is 18.2 Å². The number of aromatic nitrogens is 5. The molecule has 0 saturated heterocycles. The highest BCUT2D eigenvalue weighted by Gasteiger charge is 2.21. The van der Waals surface area contributed by atoms with Gasteiger partial charge >= 0.3 is 0 Å². The van der Waals surface area contributed by atoms with Gasteiger partial charge in [0.25, 0.3) is 5.56 Å². The van der Waals surface area contributed by atoms with Gasteiger partial charge in [-0.25, -0.2) is 9.97 Å². The number of rotatable bonds is 2. The van der Waals surface area contributed by atoms with Crippen LogP contribution in [0.25, 0.3) is 5.65 Å². The van der Waals surface area contributed by atoms with Crippen LogP contribution in [0.15, 0.2) is 16.9 Å². The normalized spacial score (nSPS) is 14.7. The second kappa shape index (κ2) is 6.23. The van der Waals surface area contributed by atoms with Crippen LogP contribution >= 0.6 is 0 Å². The number of hydrogen-bond acceptors (Lipinski definition) is 5. The first-order valence-electron chi connectivity index (χ1n) is 9.13. The van der Waals surface area contributed by atoms with E-state index in [0.717, 1.165) is 53.6 Å². The average Bonchev–Trinajstić information content (AvgIpc) is 2.81. The molecule has 0 unspecified atom stereocenters. The molecule has 0 radical (unpaired) electrons. The van der Waals surface area contributed by atoms with Crippen molar-refractivity contribution in [2.24, 2.45) is 0 Å². The number of anilines is 1. The summed E-state index contributed by atoms with van der Waals surface area (Å²) < 4.78 is 1.92. The SMILES string of the molecule is Cc1cc2nc(C(C)C)cc(N3CCc4nc(C)[nH]c(=O)c4CC3)n2n1. The van der Waals surface area contributed by atoms with E-state index in [9.17, 15) is 4.79 Å². The Morgan fingerprint density at radius 1 is 1.12 bits per heavy atom. The lowest BCUT2D eigenvalue weighted by Crippen LogP contribution is -2.29. The Hall–Kier alpha value is -2.70. The molecule has 1 N–H and O–H groups in total. The van der Waals surface area contributed by atoms with Gasteiger partial charge in [0, 0.05) is 42.9 Å². The highest BCUT2D eigenvalue weighted by Crippen LogP contribution is 2.24. The van der Waals surface area contributed by atoms with Gasteiger partial charge in [-0.2, -0.15) is 9.61 Å². The van der Waals surface area contributed by atoms with Crippen molar-refractivity contribution >= 4 is 11.5 Å². The second-order valence-electron chi connectivity index (χ2n) is 7.31.